The van der Waals surface area contributed by atoms with Crippen molar-refractivity contribution < 1.29 is 4.42 Å². The van der Waals surface area contributed by atoms with Crippen molar-refractivity contribution in [2.45, 2.75) is 32.9 Å². The van der Waals surface area contributed by atoms with Crippen LogP contribution in [0.5, 0.6) is 0 Å². The highest BCUT2D eigenvalue weighted by molar-refractivity contribution is 5.59. The molecule has 9 heteroatoms. The van der Waals surface area contributed by atoms with Gasteiger partial charge < -0.3 is 8.98 Å². The van der Waals surface area contributed by atoms with Crippen LogP contribution >= 0.6 is 0 Å². The summed E-state index contributed by atoms with van der Waals surface area (Å²) in [4.78, 5) is 0. The number of hydrogen-bond acceptors (Lipinski definition) is 6. The molecule has 128 valence electrons. The van der Waals surface area contributed by atoms with Gasteiger partial charge in [-0.2, -0.15) is 5.10 Å². The lowest BCUT2D eigenvalue weighted by Gasteiger charge is -2.15. The predicted molar refractivity (Wildman–Crippen MR) is 89.5 cm³/mol. The van der Waals surface area contributed by atoms with E-state index in [0.717, 1.165) is 11.5 Å². The minimum Gasteiger partial charge on any atom is -0.453 e. The molecule has 9 nitrogen and oxygen atoms in total. The molecule has 0 aromatic carbocycles. The minimum absolute atomic E-state index is 0.0896. The second-order valence-electron chi connectivity index (χ2n) is 6.08. The molecule has 0 radical (unpaired) electrons. The third kappa shape index (κ3) is 2.73. The van der Waals surface area contributed by atoms with Crippen LogP contribution in [0.1, 0.15) is 38.7 Å². The zero-order valence-electron chi connectivity index (χ0n) is 14.2. The molecule has 0 aliphatic carbocycles. The van der Waals surface area contributed by atoms with Crippen molar-refractivity contribution in [1.82, 2.24) is 40.0 Å². The fourth-order valence-electron chi connectivity index (χ4n) is 2.66. The Morgan fingerprint density at radius 1 is 1.08 bits per heavy atom. The molecule has 0 aliphatic rings. The topological polar surface area (TPSA) is 103 Å². The first-order chi connectivity index (χ1) is 12.1. The summed E-state index contributed by atoms with van der Waals surface area (Å²) >= 11 is 0. The van der Waals surface area contributed by atoms with E-state index in [0.29, 0.717) is 17.2 Å². The fraction of sp³-hybridized carbons (Fsp3) is 0.312. The van der Waals surface area contributed by atoms with E-state index in [-0.39, 0.29) is 12.1 Å². The quantitative estimate of drug-likeness (QED) is 0.600. The number of rotatable bonds is 5. The first-order valence-corrected chi connectivity index (χ1v) is 8.04. The van der Waals surface area contributed by atoms with E-state index in [1.807, 2.05) is 35.9 Å². The maximum Gasteiger partial charge on any atom is 0.157 e. The molecule has 4 rings (SSSR count). The zero-order valence-corrected chi connectivity index (χ0v) is 14.2. The van der Waals surface area contributed by atoms with Crippen molar-refractivity contribution >= 4 is 0 Å². The Morgan fingerprint density at radius 3 is 2.68 bits per heavy atom. The van der Waals surface area contributed by atoms with Gasteiger partial charge in [-0.25, -0.2) is 4.68 Å². The smallest absolute Gasteiger partial charge is 0.157 e. The summed E-state index contributed by atoms with van der Waals surface area (Å²) < 4.78 is 9.62. The first-order valence-electron chi connectivity index (χ1n) is 8.04. The second-order valence-corrected chi connectivity index (χ2v) is 6.08. The van der Waals surface area contributed by atoms with Crippen molar-refractivity contribution in [1.29, 1.82) is 0 Å². The van der Waals surface area contributed by atoms with E-state index in [1.165, 1.54) is 0 Å². The van der Waals surface area contributed by atoms with Gasteiger partial charge in [-0.3, -0.25) is 5.10 Å². The Bertz CT molecular complexity index is 962. The molecule has 0 saturated heterocycles. The normalized spacial score (nSPS) is 12.8. The monoisotopic (exact) mass is 338 g/mol. The molecule has 4 aromatic rings. The number of nitrogens with one attached hydrogen (secondary N) is 1. The summed E-state index contributed by atoms with van der Waals surface area (Å²) in [7, 11) is 0. The van der Waals surface area contributed by atoms with Gasteiger partial charge >= 0.3 is 0 Å². The van der Waals surface area contributed by atoms with Crippen LogP contribution in [0.2, 0.25) is 0 Å². The van der Waals surface area contributed by atoms with E-state index in [4.69, 9.17) is 4.42 Å². The minimum atomic E-state index is -0.0896. The van der Waals surface area contributed by atoms with Gasteiger partial charge in [-0.1, -0.05) is 5.21 Å². The highest BCUT2D eigenvalue weighted by atomic mass is 16.3. The summed E-state index contributed by atoms with van der Waals surface area (Å²) in [5.41, 5.74) is 1.48. The van der Waals surface area contributed by atoms with Crippen LogP contribution in [0.3, 0.4) is 0 Å². The molecule has 0 fully saturated rings. The SMILES string of the molecule is CC(C)n1cnnc1[C@@H](C)n1cc(-c2ccc(-c3ccn[nH]3)o2)nn1. The summed E-state index contributed by atoms with van der Waals surface area (Å²) in [6.45, 7) is 6.19. The molecule has 0 unspecified atom stereocenters. The van der Waals surface area contributed by atoms with Crippen molar-refractivity contribution in [3.8, 4) is 22.9 Å². The van der Waals surface area contributed by atoms with Gasteiger partial charge in [0.15, 0.2) is 17.3 Å². The highest BCUT2D eigenvalue weighted by Gasteiger charge is 2.19. The number of H-pyrrole nitrogens is 1. The molecular weight excluding hydrogens is 320 g/mol. The maximum absolute atomic E-state index is 5.84. The van der Waals surface area contributed by atoms with Crippen molar-refractivity contribution in [3.05, 3.63) is 42.7 Å². The van der Waals surface area contributed by atoms with Crippen LogP contribution in [0.4, 0.5) is 0 Å². The Morgan fingerprint density at radius 2 is 1.92 bits per heavy atom. The van der Waals surface area contributed by atoms with Crippen LogP contribution in [0, 0.1) is 0 Å². The Balaban J connectivity index is 1.61. The van der Waals surface area contributed by atoms with Crippen LogP contribution in [-0.4, -0.2) is 40.0 Å². The standard InChI is InChI=1S/C16H18N8O/c1-10(2)23-9-18-21-16(23)11(3)24-8-13(20-22-24)15-5-4-14(25-15)12-6-7-17-19-12/h4-11H,1-3H3,(H,17,19)/t11-/m1/s1. The highest BCUT2D eigenvalue weighted by Crippen LogP contribution is 2.27. The Labute approximate surface area is 143 Å². The third-order valence-corrected chi connectivity index (χ3v) is 4.06. The van der Waals surface area contributed by atoms with E-state index in [2.05, 4.69) is 44.6 Å². The first kappa shape index (κ1) is 15.3. The van der Waals surface area contributed by atoms with Gasteiger partial charge in [0.05, 0.1) is 6.20 Å². The van der Waals surface area contributed by atoms with Crippen molar-refractivity contribution in [2.75, 3.05) is 0 Å². The lowest BCUT2D eigenvalue weighted by molar-refractivity contribution is 0.468. The largest absolute Gasteiger partial charge is 0.453 e. The number of aromatic nitrogens is 8. The molecular formula is C16H18N8O. The second kappa shape index (κ2) is 6.00. The number of furan rings is 1. The molecule has 4 heterocycles. The molecule has 4 aromatic heterocycles. The lowest BCUT2D eigenvalue weighted by atomic mass is 10.3. The predicted octanol–water partition coefficient (Wildman–Crippen LogP) is 2.71. The van der Waals surface area contributed by atoms with Crippen molar-refractivity contribution in [3.63, 3.8) is 0 Å². The fourth-order valence-corrected chi connectivity index (χ4v) is 2.66. The average Bonchev–Trinajstić information content (AvgIpc) is 3.41. The molecule has 0 saturated carbocycles. The third-order valence-electron chi connectivity index (χ3n) is 4.06. The number of hydrogen-bond donors (Lipinski definition) is 1. The number of aromatic amines is 1. The lowest BCUT2D eigenvalue weighted by Crippen LogP contribution is -2.15. The summed E-state index contributed by atoms with van der Waals surface area (Å²) in [6, 6.07) is 5.78. The van der Waals surface area contributed by atoms with Crippen molar-refractivity contribution in [2.24, 2.45) is 0 Å². The molecule has 0 amide bonds. The molecule has 0 aliphatic heterocycles. The van der Waals surface area contributed by atoms with E-state index in [9.17, 15) is 0 Å². The Hall–Kier alpha value is -3.23. The van der Waals surface area contributed by atoms with Gasteiger partial charge in [-0.05, 0) is 39.0 Å². The van der Waals surface area contributed by atoms with Crippen LogP contribution in [0.25, 0.3) is 22.9 Å². The summed E-state index contributed by atoms with van der Waals surface area (Å²) in [6.07, 6.45) is 5.26. The van der Waals surface area contributed by atoms with Gasteiger partial charge in [0, 0.05) is 12.2 Å². The molecule has 1 N–H and O–H groups in total. The summed E-state index contributed by atoms with van der Waals surface area (Å²) in [5.74, 6) is 2.19. The molecule has 1 atom stereocenters. The van der Waals surface area contributed by atoms with E-state index >= 15 is 0 Å². The maximum atomic E-state index is 5.84. The van der Waals surface area contributed by atoms with E-state index in [1.54, 1.807) is 17.2 Å². The van der Waals surface area contributed by atoms with Gasteiger partial charge in [0.1, 0.15) is 23.8 Å². The van der Waals surface area contributed by atoms with Gasteiger partial charge in [0.2, 0.25) is 0 Å². The van der Waals surface area contributed by atoms with Crippen LogP contribution in [-0.2, 0) is 0 Å². The molecule has 0 bridgehead atoms. The van der Waals surface area contributed by atoms with Crippen LogP contribution in [0.15, 0.2) is 41.3 Å². The van der Waals surface area contributed by atoms with Gasteiger partial charge in [-0.15, -0.1) is 15.3 Å². The van der Waals surface area contributed by atoms with E-state index < -0.39 is 0 Å². The summed E-state index contributed by atoms with van der Waals surface area (Å²) in [5, 5.41) is 23.5. The number of nitrogens with zero attached hydrogens (tertiary/aromatic N) is 7. The van der Waals surface area contributed by atoms with Crippen LogP contribution < -0.4 is 0 Å². The van der Waals surface area contributed by atoms with Gasteiger partial charge in [0.25, 0.3) is 0 Å². The Kier molecular flexibility index (Phi) is 3.68. The zero-order chi connectivity index (χ0) is 17.4. The molecule has 0 spiro atoms. The molecule has 25 heavy (non-hydrogen) atoms. The average molecular weight is 338 g/mol.